The molecule has 2 rings (SSSR count). The van der Waals surface area contributed by atoms with Crippen molar-refractivity contribution >= 4 is 10.9 Å². The minimum atomic E-state index is 0.198. The molecule has 78 valence electrons. The predicted molar refractivity (Wildman–Crippen MR) is 58.6 cm³/mol. The van der Waals surface area contributed by atoms with E-state index in [0.29, 0.717) is 12.1 Å². The Morgan fingerprint density at radius 2 is 2.13 bits per heavy atom. The smallest absolute Gasteiger partial charge is 0.141 e. The van der Waals surface area contributed by atoms with Crippen molar-refractivity contribution in [1.29, 1.82) is 0 Å². The lowest BCUT2D eigenvalue weighted by Crippen LogP contribution is -2.02. The van der Waals surface area contributed by atoms with Gasteiger partial charge in [0.1, 0.15) is 17.6 Å². The number of phenols is 1. The van der Waals surface area contributed by atoms with Crippen molar-refractivity contribution < 1.29 is 5.11 Å². The second kappa shape index (κ2) is 4.23. The molecular weight excluding hydrogens is 190 g/mol. The van der Waals surface area contributed by atoms with Crippen molar-refractivity contribution in [3.05, 3.63) is 30.2 Å². The Morgan fingerprint density at radius 3 is 2.93 bits per heavy atom. The summed E-state index contributed by atoms with van der Waals surface area (Å²) in [4.78, 5) is 8.26. The first-order chi connectivity index (χ1) is 7.33. The molecule has 0 aliphatic carbocycles. The van der Waals surface area contributed by atoms with E-state index in [9.17, 15) is 5.11 Å². The Morgan fingerprint density at radius 1 is 1.27 bits per heavy atom. The van der Waals surface area contributed by atoms with E-state index in [1.54, 1.807) is 12.1 Å². The van der Waals surface area contributed by atoms with Gasteiger partial charge in [0.25, 0.3) is 0 Å². The molecule has 0 saturated heterocycles. The molecule has 0 bridgehead atoms. The number of hydrogen-bond acceptors (Lipinski definition) is 4. The quantitative estimate of drug-likeness (QED) is 0.786. The molecule has 1 aromatic carbocycles. The van der Waals surface area contributed by atoms with E-state index in [1.165, 1.54) is 6.33 Å². The molecule has 0 aliphatic heterocycles. The van der Waals surface area contributed by atoms with Crippen LogP contribution in [0.5, 0.6) is 5.75 Å². The molecule has 2 aromatic rings. The zero-order chi connectivity index (χ0) is 10.7. The molecule has 1 heterocycles. The Hall–Kier alpha value is -1.68. The number of aryl methyl sites for hydroxylation is 1. The molecule has 4 heteroatoms. The Labute approximate surface area is 87.8 Å². The van der Waals surface area contributed by atoms with Crippen LogP contribution in [-0.4, -0.2) is 21.6 Å². The Balaban J connectivity index is 2.51. The highest BCUT2D eigenvalue weighted by Gasteiger charge is 2.05. The summed E-state index contributed by atoms with van der Waals surface area (Å²) in [5.74, 6) is 0.198. The highest BCUT2D eigenvalue weighted by molar-refractivity contribution is 5.85. The normalized spacial score (nSPS) is 10.7. The summed E-state index contributed by atoms with van der Waals surface area (Å²) in [5, 5.41) is 10.5. The molecule has 0 aliphatic rings. The van der Waals surface area contributed by atoms with Gasteiger partial charge in [0.15, 0.2) is 0 Å². The van der Waals surface area contributed by atoms with Gasteiger partial charge in [-0.1, -0.05) is 12.1 Å². The summed E-state index contributed by atoms with van der Waals surface area (Å²) in [6.45, 7) is 0.643. The van der Waals surface area contributed by atoms with Gasteiger partial charge in [-0.3, -0.25) is 0 Å². The maximum atomic E-state index is 9.61. The number of nitrogens with zero attached hydrogens (tertiary/aromatic N) is 2. The molecule has 1 aromatic heterocycles. The first-order valence-electron chi connectivity index (χ1n) is 4.94. The van der Waals surface area contributed by atoms with Crippen LogP contribution in [0, 0.1) is 0 Å². The first-order valence-corrected chi connectivity index (χ1v) is 4.94. The van der Waals surface area contributed by atoms with E-state index >= 15 is 0 Å². The number of para-hydroxylation sites is 1. The lowest BCUT2D eigenvalue weighted by Gasteiger charge is -2.04. The van der Waals surface area contributed by atoms with Gasteiger partial charge >= 0.3 is 0 Å². The van der Waals surface area contributed by atoms with Crippen molar-refractivity contribution in [2.45, 2.75) is 12.8 Å². The van der Waals surface area contributed by atoms with Gasteiger partial charge in [-0.05, 0) is 25.5 Å². The van der Waals surface area contributed by atoms with Gasteiger partial charge in [-0.2, -0.15) is 0 Å². The number of fused-ring (bicyclic) bond motifs is 1. The van der Waals surface area contributed by atoms with Crippen molar-refractivity contribution in [3.63, 3.8) is 0 Å². The van der Waals surface area contributed by atoms with E-state index in [1.807, 2.05) is 6.07 Å². The molecular formula is C11H13N3O. The largest absolute Gasteiger partial charge is 0.506 e. The average molecular weight is 203 g/mol. The Bertz CT molecular complexity index is 470. The zero-order valence-corrected chi connectivity index (χ0v) is 8.35. The van der Waals surface area contributed by atoms with Crippen LogP contribution in [0.15, 0.2) is 24.5 Å². The van der Waals surface area contributed by atoms with Gasteiger partial charge in [-0.25, -0.2) is 9.97 Å². The second-order valence-electron chi connectivity index (χ2n) is 3.39. The number of benzene rings is 1. The fraction of sp³-hybridized carbons (Fsp3) is 0.273. The SMILES string of the molecule is NCCCc1ncnc2c(O)cccc12. The molecule has 0 unspecified atom stereocenters. The van der Waals surface area contributed by atoms with Gasteiger partial charge in [0.05, 0.1) is 5.69 Å². The fourth-order valence-electron chi connectivity index (χ4n) is 1.59. The molecule has 4 nitrogen and oxygen atoms in total. The van der Waals surface area contributed by atoms with E-state index < -0.39 is 0 Å². The third-order valence-corrected chi connectivity index (χ3v) is 2.34. The average Bonchev–Trinajstić information content (AvgIpc) is 2.27. The molecule has 0 spiro atoms. The van der Waals surface area contributed by atoms with Crippen LogP contribution in [-0.2, 0) is 6.42 Å². The highest BCUT2D eigenvalue weighted by atomic mass is 16.3. The summed E-state index contributed by atoms with van der Waals surface area (Å²) >= 11 is 0. The number of hydrogen-bond donors (Lipinski definition) is 2. The molecule has 0 amide bonds. The van der Waals surface area contributed by atoms with Crippen LogP contribution in [0.25, 0.3) is 10.9 Å². The fourth-order valence-corrected chi connectivity index (χ4v) is 1.59. The lowest BCUT2D eigenvalue weighted by atomic mass is 10.1. The number of nitrogens with two attached hydrogens (primary N) is 1. The van der Waals surface area contributed by atoms with Gasteiger partial charge < -0.3 is 10.8 Å². The molecule has 0 saturated carbocycles. The molecule has 0 fully saturated rings. The second-order valence-corrected chi connectivity index (χ2v) is 3.39. The minimum Gasteiger partial charge on any atom is -0.506 e. The number of aromatic hydroxyl groups is 1. The first kappa shape index (κ1) is 9.86. The summed E-state index contributed by atoms with van der Waals surface area (Å²) in [6.07, 6.45) is 3.19. The predicted octanol–water partition coefficient (Wildman–Crippen LogP) is 1.23. The van der Waals surface area contributed by atoms with Crippen LogP contribution in [0.2, 0.25) is 0 Å². The van der Waals surface area contributed by atoms with Crippen molar-refractivity contribution in [1.82, 2.24) is 9.97 Å². The lowest BCUT2D eigenvalue weighted by molar-refractivity contribution is 0.480. The molecule has 0 radical (unpaired) electrons. The van der Waals surface area contributed by atoms with Crippen LogP contribution < -0.4 is 5.73 Å². The van der Waals surface area contributed by atoms with Crippen LogP contribution in [0.3, 0.4) is 0 Å². The standard InChI is InChI=1S/C11H13N3O/c12-6-2-4-9-8-3-1-5-10(15)11(8)14-7-13-9/h1,3,5,7,15H,2,4,6,12H2. The third kappa shape index (κ3) is 1.89. The maximum absolute atomic E-state index is 9.61. The van der Waals surface area contributed by atoms with E-state index in [4.69, 9.17) is 5.73 Å². The Kier molecular flexibility index (Phi) is 2.78. The molecule has 15 heavy (non-hydrogen) atoms. The number of aromatic nitrogens is 2. The van der Waals surface area contributed by atoms with Gasteiger partial charge in [0, 0.05) is 5.39 Å². The molecule has 0 atom stereocenters. The summed E-state index contributed by atoms with van der Waals surface area (Å²) in [7, 11) is 0. The summed E-state index contributed by atoms with van der Waals surface area (Å²) in [6, 6.07) is 5.34. The topological polar surface area (TPSA) is 72.0 Å². The number of phenolic OH excluding ortho intramolecular Hbond substituents is 1. The van der Waals surface area contributed by atoms with E-state index in [-0.39, 0.29) is 5.75 Å². The number of rotatable bonds is 3. The van der Waals surface area contributed by atoms with E-state index in [2.05, 4.69) is 9.97 Å². The maximum Gasteiger partial charge on any atom is 0.141 e. The summed E-state index contributed by atoms with van der Waals surface area (Å²) < 4.78 is 0. The van der Waals surface area contributed by atoms with Crippen LogP contribution >= 0.6 is 0 Å². The summed E-state index contributed by atoms with van der Waals surface area (Å²) in [5.41, 5.74) is 7.01. The van der Waals surface area contributed by atoms with Crippen molar-refractivity contribution in [2.75, 3.05) is 6.54 Å². The monoisotopic (exact) mass is 203 g/mol. The van der Waals surface area contributed by atoms with E-state index in [0.717, 1.165) is 23.9 Å². The minimum absolute atomic E-state index is 0.198. The zero-order valence-electron chi connectivity index (χ0n) is 8.35. The van der Waals surface area contributed by atoms with Gasteiger partial charge in [-0.15, -0.1) is 0 Å². The highest BCUT2D eigenvalue weighted by Crippen LogP contribution is 2.23. The third-order valence-electron chi connectivity index (χ3n) is 2.34. The van der Waals surface area contributed by atoms with Gasteiger partial charge in [0.2, 0.25) is 0 Å². The van der Waals surface area contributed by atoms with Crippen LogP contribution in [0.1, 0.15) is 12.1 Å². The van der Waals surface area contributed by atoms with Crippen molar-refractivity contribution in [3.8, 4) is 5.75 Å². The van der Waals surface area contributed by atoms with Crippen molar-refractivity contribution in [2.24, 2.45) is 5.73 Å². The molecule has 3 N–H and O–H groups in total. The van der Waals surface area contributed by atoms with Crippen LogP contribution in [0.4, 0.5) is 0 Å².